The topological polar surface area (TPSA) is 49.4 Å². The molecule has 0 aliphatic rings. The Morgan fingerprint density at radius 2 is 2.06 bits per heavy atom. The predicted molar refractivity (Wildman–Crippen MR) is 51.2 cm³/mol. The Morgan fingerprint density at radius 1 is 1.41 bits per heavy atom. The summed E-state index contributed by atoms with van der Waals surface area (Å²) in [6, 6.07) is 2.78. The highest BCUT2D eigenvalue weighted by Gasteiger charge is 2.33. The second-order valence-electron chi connectivity index (χ2n) is 3.26. The van der Waals surface area contributed by atoms with Gasteiger partial charge in [0.05, 0.1) is 18.6 Å². The Hall–Kier alpha value is -1.72. The first-order valence-electron chi connectivity index (χ1n) is 4.88. The second-order valence-corrected chi connectivity index (χ2v) is 3.26. The lowest BCUT2D eigenvalue weighted by atomic mass is 10.0. The number of hydrogen-bond acceptors (Lipinski definition) is 3. The number of alkyl halides is 3. The maximum absolute atomic E-state index is 12.6. The van der Waals surface area contributed by atoms with Crippen LogP contribution >= 0.6 is 0 Å². The molecule has 17 heavy (non-hydrogen) atoms. The van der Waals surface area contributed by atoms with Gasteiger partial charge in [-0.05, 0) is 18.6 Å². The van der Waals surface area contributed by atoms with E-state index < -0.39 is 35.4 Å². The molecule has 0 saturated heterocycles. The highest BCUT2D eigenvalue weighted by Crippen LogP contribution is 2.35. The molecule has 0 amide bonds. The molecule has 0 spiro atoms. The van der Waals surface area contributed by atoms with Crippen molar-refractivity contribution in [2.24, 2.45) is 0 Å². The lowest BCUT2D eigenvalue weighted by Crippen LogP contribution is -2.16. The number of benzene rings is 1. The zero-order chi connectivity index (χ0) is 13.1. The van der Waals surface area contributed by atoms with Gasteiger partial charge in [-0.1, -0.05) is 12.1 Å². The van der Waals surface area contributed by atoms with E-state index in [-0.39, 0.29) is 6.61 Å². The SMILES string of the molecule is CCOC(=O)Cc1c([O-])cccc1C(F)(F)F. The van der Waals surface area contributed by atoms with E-state index in [1.165, 1.54) is 6.92 Å². The maximum Gasteiger partial charge on any atom is 0.416 e. The van der Waals surface area contributed by atoms with E-state index in [1.54, 1.807) is 0 Å². The van der Waals surface area contributed by atoms with E-state index in [2.05, 4.69) is 4.74 Å². The zero-order valence-electron chi connectivity index (χ0n) is 9.00. The number of esters is 1. The Kier molecular flexibility index (Phi) is 3.98. The molecule has 0 aliphatic carbocycles. The third kappa shape index (κ3) is 3.37. The molecule has 0 unspecified atom stereocenters. The number of carbonyl (C=O) groups is 1. The van der Waals surface area contributed by atoms with Crippen molar-refractivity contribution in [2.45, 2.75) is 19.5 Å². The van der Waals surface area contributed by atoms with E-state index in [0.717, 1.165) is 18.2 Å². The van der Waals surface area contributed by atoms with Gasteiger partial charge in [-0.2, -0.15) is 13.2 Å². The molecule has 0 aliphatic heterocycles. The van der Waals surface area contributed by atoms with Crippen molar-refractivity contribution < 1.29 is 27.8 Å². The smallest absolute Gasteiger partial charge is 0.416 e. The number of hydrogen-bond donors (Lipinski definition) is 0. The lowest BCUT2D eigenvalue weighted by molar-refractivity contribution is -0.270. The Morgan fingerprint density at radius 3 is 2.59 bits per heavy atom. The molecular formula is C11H10F3O3-. The van der Waals surface area contributed by atoms with Gasteiger partial charge in [-0.25, -0.2) is 0 Å². The molecule has 0 atom stereocenters. The largest absolute Gasteiger partial charge is 0.872 e. The monoisotopic (exact) mass is 247 g/mol. The van der Waals surface area contributed by atoms with Gasteiger partial charge in [0.15, 0.2) is 0 Å². The fraction of sp³-hybridized carbons (Fsp3) is 0.364. The van der Waals surface area contributed by atoms with Crippen LogP contribution in [0.5, 0.6) is 5.75 Å². The van der Waals surface area contributed by atoms with E-state index >= 15 is 0 Å². The third-order valence-electron chi connectivity index (χ3n) is 2.06. The first kappa shape index (κ1) is 13.3. The average molecular weight is 247 g/mol. The minimum atomic E-state index is -4.65. The molecule has 1 rings (SSSR count). The summed E-state index contributed by atoms with van der Waals surface area (Å²) < 4.78 is 42.2. The average Bonchev–Trinajstić information content (AvgIpc) is 2.19. The molecule has 0 N–H and O–H groups in total. The van der Waals surface area contributed by atoms with E-state index in [0.29, 0.717) is 0 Å². The van der Waals surface area contributed by atoms with Gasteiger partial charge in [-0.15, -0.1) is 5.75 Å². The van der Waals surface area contributed by atoms with Gasteiger partial charge in [0.25, 0.3) is 0 Å². The van der Waals surface area contributed by atoms with Gasteiger partial charge in [-0.3, -0.25) is 4.79 Å². The molecule has 0 aromatic heterocycles. The van der Waals surface area contributed by atoms with E-state index in [1.807, 2.05) is 0 Å². The first-order chi connectivity index (χ1) is 7.86. The third-order valence-corrected chi connectivity index (χ3v) is 2.06. The Balaban J connectivity index is 3.09. The standard InChI is InChI=1S/C11H11F3O3/c1-2-17-10(16)6-7-8(11(12,13)14)4-3-5-9(7)15/h3-5,15H,2,6H2,1H3/p-1. The molecule has 0 bridgehead atoms. The van der Waals surface area contributed by atoms with Crippen LogP contribution in [0.4, 0.5) is 13.2 Å². The number of ether oxygens (including phenoxy) is 1. The van der Waals surface area contributed by atoms with Gasteiger partial charge in [0, 0.05) is 0 Å². The molecular weight excluding hydrogens is 237 g/mol. The van der Waals surface area contributed by atoms with Crippen molar-refractivity contribution in [1.29, 1.82) is 0 Å². The van der Waals surface area contributed by atoms with Crippen molar-refractivity contribution in [1.82, 2.24) is 0 Å². The fourth-order valence-corrected chi connectivity index (χ4v) is 1.37. The van der Waals surface area contributed by atoms with Crippen molar-refractivity contribution in [3.8, 4) is 5.75 Å². The number of carbonyl (C=O) groups excluding carboxylic acids is 1. The Bertz CT molecular complexity index is 413. The summed E-state index contributed by atoms with van der Waals surface area (Å²) in [5.74, 6) is -1.66. The van der Waals surface area contributed by atoms with Crippen LogP contribution < -0.4 is 5.11 Å². The molecule has 94 valence electrons. The molecule has 0 heterocycles. The van der Waals surface area contributed by atoms with Crippen molar-refractivity contribution in [3.05, 3.63) is 29.3 Å². The summed E-state index contributed by atoms with van der Waals surface area (Å²) in [5.41, 5.74) is -1.66. The molecule has 3 nitrogen and oxygen atoms in total. The van der Waals surface area contributed by atoms with Gasteiger partial charge < -0.3 is 9.84 Å². The number of halogens is 3. The van der Waals surface area contributed by atoms with Gasteiger partial charge in [0.1, 0.15) is 0 Å². The first-order valence-corrected chi connectivity index (χ1v) is 4.88. The summed E-state index contributed by atoms with van der Waals surface area (Å²) in [7, 11) is 0. The molecule has 6 heteroatoms. The van der Waals surface area contributed by atoms with Crippen LogP contribution in [0.25, 0.3) is 0 Å². The van der Waals surface area contributed by atoms with Gasteiger partial charge in [0.2, 0.25) is 0 Å². The number of rotatable bonds is 3. The highest BCUT2D eigenvalue weighted by atomic mass is 19.4. The van der Waals surface area contributed by atoms with Gasteiger partial charge >= 0.3 is 12.1 Å². The molecule has 1 aromatic rings. The van der Waals surface area contributed by atoms with Crippen LogP contribution in [-0.4, -0.2) is 12.6 Å². The van der Waals surface area contributed by atoms with Crippen LogP contribution in [0.3, 0.4) is 0 Å². The van der Waals surface area contributed by atoms with E-state index in [9.17, 15) is 23.1 Å². The summed E-state index contributed by atoms with van der Waals surface area (Å²) in [4.78, 5) is 11.1. The van der Waals surface area contributed by atoms with E-state index in [4.69, 9.17) is 0 Å². The highest BCUT2D eigenvalue weighted by molar-refractivity contribution is 5.74. The molecule has 0 saturated carbocycles. The van der Waals surface area contributed by atoms with Crippen LogP contribution in [0.15, 0.2) is 18.2 Å². The van der Waals surface area contributed by atoms with Crippen LogP contribution in [0, 0.1) is 0 Å². The summed E-state index contributed by atoms with van der Waals surface area (Å²) in [6.45, 7) is 1.59. The Labute approximate surface area is 95.8 Å². The lowest BCUT2D eigenvalue weighted by Gasteiger charge is -2.18. The summed E-state index contributed by atoms with van der Waals surface area (Å²) >= 11 is 0. The minimum Gasteiger partial charge on any atom is -0.872 e. The quantitative estimate of drug-likeness (QED) is 0.766. The van der Waals surface area contributed by atoms with Crippen LogP contribution in [0.2, 0.25) is 0 Å². The molecule has 0 radical (unpaired) electrons. The molecule has 1 aromatic carbocycles. The van der Waals surface area contributed by atoms with Crippen molar-refractivity contribution in [2.75, 3.05) is 6.61 Å². The van der Waals surface area contributed by atoms with Crippen molar-refractivity contribution in [3.63, 3.8) is 0 Å². The summed E-state index contributed by atoms with van der Waals surface area (Å²) in [5, 5.41) is 11.3. The van der Waals surface area contributed by atoms with Crippen LogP contribution in [0.1, 0.15) is 18.1 Å². The van der Waals surface area contributed by atoms with Crippen molar-refractivity contribution >= 4 is 5.97 Å². The fourth-order valence-electron chi connectivity index (χ4n) is 1.37. The zero-order valence-corrected chi connectivity index (χ0v) is 9.00. The second kappa shape index (κ2) is 5.07. The normalized spacial score (nSPS) is 11.3. The van der Waals surface area contributed by atoms with Crippen LogP contribution in [-0.2, 0) is 22.1 Å². The minimum absolute atomic E-state index is 0.0568. The maximum atomic E-state index is 12.6. The molecule has 0 fully saturated rings. The summed E-state index contributed by atoms with van der Waals surface area (Å²) in [6.07, 6.45) is -5.31. The predicted octanol–water partition coefficient (Wildman–Crippen LogP) is 1.88.